The largest absolute Gasteiger partial charge is 0.481 e. The van der Waals surface area contributed by atoms with Gasteiger partial charge < -0.3 is 5.11 Å². The number of carboxylic acid groups (broad SMARTS) is 1. The lowest BCUT2D eigenvalue weighted by molar-refractivity contribution is -0.156. The number of hydrogen-bond donors (Lipinski definition) is 1. The Morgan fingerprint density at radius 3 is 2.11 bits per heavy atom. The molecule has 0 spiro atoms. The van der Waals surface area contributed by atoms with Gasteiger partial charge in [-0.2, -0.15) is 0 Å². The van der Waals surface area contributed by atoms with Gasteiger partial charge in [0.15, 0.2) is 0 Å². The normalized spacial score (nSPS) is 27.9. The lowest BCUT2D eigenvalue weighted by Gasteiger charge is -2.42. The summed E-state index contributed by atoms with van der Waals surface area (Å²) in [6.07, 6.45) is 9.70. The summed E-state index contributed by atoms with van der Waals surface area (Å²) in [5.74, 6) is -0.105. The fourth-order valence-corrected chi connectivity index (χ4v) is 4.00. The molecule has 0 aromatic carbocycles. The number of allylic oxidation sites excluding steroid dienone is 2. The third-order valence-corrected chi connectivity index (χ3v) is 5.25. The van der Waals surface area contributed by atoms with Crippen molar-refractivity contribution in [3.05, 3.63) is 11.1 Å². The molecule has 102 valence electrons. The van der Waals surface area contributed by atoms with Crippen LogP contribution >= 0.6 is 0 Å². The lowest BCUT2D eigenvalue weighted by atomic mass is 9.61. The fourth-order valence-electron chi connectivity index (χ4n) is 4.00. The van der Waals surface area contributed by atoms with Gasteiger partial charge in [-0.1, -0.05) is 30.4 Å². The first-order valence-electron chi connectivity index (χ1n) is 7.45. The van der Waals surface area contributed by atoms with Gasteiger partial charge in [-0.15, -0.1) is 0 Å². The van der Waals surface area contributed by atoms with Crippen LogP contribution in [0.15, 0.2) is 11.1 Å². The second-order valence-electron chi connectivity index (χ2n) is 6.40. The highest BCUT2D eigenvalue weighted by molar-refractivity contribution is 5.75. The van der Waals surface area contributed by atoms with E-state index in [4.69, 9.17) is 0 Å². The molecule has 1 N–H and O–H groups in total. The van der Waals surface area contributed by atoms with E-state index in [-0.39, 0.29) is 5.41 Å². The van der Waals surface area contributed by atoms with E-state index >= 15 is 0 Å². The minimum Gasteiger partial charge on any atom is -0.481 e. The van der Waals surface area contributed by atoms with Crippen molar-refractivity contribution in [1.29, 1.82) is 0 Å². The standard InChI is InChI=1S/C16H26O2/c1-12(2)13-6-8-14(9-7-13)16(15(17)18)10-4-3-5-11-16/h14H,3-11H2,1-2H3,(H,17,18). The van der Waals surface area contributed by atoms with Gasteiger partial charge in [-0.3, -0.25) is 4.79 Å². The molecule has 0 aromatic heterocycles. The van der Waals surface area contributed by atoms with Crippen LogP contribution in [0, 0.1) is 11.3 Å². The molecular weight excluding hydrogens is 224 g/mol. The predicted molar refractivity (Wildman–Crippen MR) is 73.5 cm³/mol. The van der Waals surface area contributed by atoms with Gasteiger partial charge in [0.25, 0.3) is 0 Å². The molecule has 2 aliphatic carbocycles. The SMILES string of the molecule is CC(C)=C1CCC(C2(C(=O)O)CCCCC2)CC1. The van der Waals surface area contributed by atoms with Crippen LogP contribution in [-0.4, -0.2) is 11.1 Å². The zero-order valence-electron chi connectivity index (χ0n) is 11.8. The Morgan fingerprint density at radius 2 is 1.67 bits per heavy atom. The van der Waals surface area contributed by atoms with Crippen molar-refractivity contribution in [3.8, 4) is 0 Å². The van der Waals surface area contributed by atoms with E-state index in [2.05, 4.69) is 13.8 Å². The van der Waals surface area contributed by atoms with Gasteiger partial charge in [0, 0.05) is 0 Å². The third-order valence-electron chi connectivity index (χ3n) is 5.25. The second-order valence-corrected chi connectivity index (χ2v) is 6.40. The summed E-state index contributed by atoms with van der Waals surface area (Å²) in [5.41, 5.74) is 2.63. The molecule has 18 heavy (non-hydrogen) atoms. The van der Waals surface area contributed by atoms with Crippen LogP contribution in [0.25, 0.3) is 0 Å². The maximum absolute atomic E-state index is 11.8. The van der Waals surface area contributed by atoms with E-state index in [1.807, 2.05) is 0 Å². The van der Waals surface area contributed by atoms with Gasteiger partial charge in [0.05, 0.1) is 5.41 Å². The molecule has 0 aliphatic heterocycles. The Kier molecular flexibility index (Phi) is 4.14. The monoisotopic (exact) mass is 250 g/mol. The second kappa shape index (κ2) is 5.46. The Hall–Kier alpha value is -0.790. The first-order chi connectivity index (χ1) is 8.56. The van der Waals surface area contributed by atoms with Crippen molar-refractivity contribution in [2.75, 3.05) is 0 Å². The van der Waals surface area contributed by atoms with E-state index in [1.165, 1.54) is 12.0 Å². The van der Waals surface area contributed by atoms with Crippen molar-refractivity contribution in [1.82, 2.24) is 0 Å². The molecule has 2 nitrogen and oxygen atoms in total. The van der Waals surface area contributed by atoms with E-state index in [1.54, 1.807) is 5.57 Å². The van der Waals surface area contributed by atoms with Gasteiger partial charge in [-0.25, -0.2) is 0 Å². The maximum Gasteiger partial charge on any atom is 0.309 e. The molecule has 2 heteroatoms. The summed E-state index contributed by atoms with van der Waals surface area (Å²) in [6.45, 7) is 4.37. The van der Waals surface area contributed by atoms with Crippen LogP contribution in [0.3, 0.4) is 0 Å². The van der Waals surface area contributed by atoms with Crippen molar-refractivity contribution in [2.24, 2.45) is 11.3 Å². The quantitative estimate of drug-likeness (QED) is 0.730. The average Bonchev–Trinajstić information content (AvgIpc) is 2.39. The maximum atomic E-state index is 11.8. The first-order valence-corrected chi connectivity index (χ1v) is 7.45. The highest BCUT2D eigenvalue weighted by Gasteiger charge is 2.46. The summed E-state index contributed by atoms with van der Waals surface area (Å²) in [5, 5.41) is 9.70. The zero-order chi connectivity index (χ0) is 13.2. The Bertz CT molecular complexity index is 334. The number of rotatable bonds is 2. The molecule has 0 radical (unpaired) electrons. The molecule has 0 bridgehead atoms. The van der Waals surface area contributed by atoms with Gasteiger partial charge in [-0.05, 0) is 58.3 Å². The Balaban J connectivity index is 2.10. The summed E-state index contributed by atoms with van der Waals surface area (Å²) >= 11 is 0. The van der Waals surface area contributed by atoms with Crippen LogP contribution in [0.4, 0.5) is 0 Å². The summed E-state index contributed by atoms with van der Waals surface area (Å²) in [7, 11) is 0. The fraction of sp³-hybridized carbons (Fsp3) is 0.812. The average molecular weight is 250 g/mol. The molecular formula is C16H26O2. The van der Waals surface area contributed by atoms with Crippen molar-refractivity contribution < 1.29 is 9.90 Å². The van der Waals surface area contributed by atoms with E-state index < -0.39 is 5.97 Å². The summed E-state index contributed by atoms with van der Waals surface area (Å²) in [6, 6.07) is 0. The zero-order valence-corrected chi connectivity index (χ0v) is 11.8. The smallest absolute Gasteiger partial charge is 0.309 e. The number of carboxylic acids is 1. The van der Waals surface area contributed by atoms with Crippen LogP contribution in [0.5, 0.6) is 0 Å². The molecule has 0 unspecified atom stereocenters. The molecule has 0 amide bonds. The number of hydrogen-bond acceptors (Lipinski definition) is 1. The van der Waals surface area contributed by atoms with Crippen molar-refractivity contribution in [3.63, 3.8) is 0 Å². The highest BCUT2D eigenvalue weighted by Crippen LogP contribution is 2.49. The Morgan fingerprint density at radius 1 is 1.11 bits per heavy atom. The van der Waals surface area contributed by atoms with Gasteiger partial charge in [0.1, 0.15) is 0 Å². The number of aliphatic carboxylic acids is 1. The van der Waals surface area contributed by atoms with E-state index in [0.717, 1.165) is 51.4 Å². The molecule has 2 fully saturated rings. The van der Waals surface area contributed by atoms with Crippen LogP contribution in [0.2, 0.25) is 0 Å². The summed E-state index contributed by atoms with van der Waals surface area (Å²) < 4.78 is 0. The lowest BCUT2D eigenvalue weighted by Crippen LogP contribution is -2.41. The molecule has 0 atom stereocenters. The molecule has 2 saturated carbocycles. The molecule has 2 rings (SSSR count). The third kappa shape index (κ3) is 2.48. The predicted octanol–water partition coefficient (Wildman–Crippen LogP) is 4.55. The van der Waals surface area contributed by atoms with Gasteiger partial charge in [0.2, 0.25) is 0 Å². The topological polar surface area (TPSA) is 37.3 Å². The van der Waals surface area contributed by atoms with E-state index in [0.29, 0.717) is 5.92 Å². The summed E-state index contributed by atoms with van der Waals surface area (Å²) in [4.78, 5) is 11.8. The van der Waals surface area contributed by atoms with Crippen LogP contribution in [-0.2, 0) is 4.79 Å². The first kappa shape index (κ1) is 13.6. The number of carbonyl (C=O) groups is 1. The van der Waals surface area contributed by atoms with Crippen molar-refractivity contribution in [2.45, 2.75) is 71.6 Å². The minimum absolute atomic E-state index is 0.384. The van der Waals surface area contributed by atoms with E-state index in [9.17, 15) is 9.90 Å². The molecule has 0 saturated heterocycles. The highest BCUT2D eigenvalue weighted by atomic mass is 16.4. The van der Waals surface area contributed by atoms with Gasteiger partial charge >= 0.3 is 5.97 Å². The molecule has 0 heterocycles. The van der Waals surface area contributed by atoms with Crippen LogP contribution < -0.4 is 0 Å². The van der Waals surface area contributed by atoms with Crippen molar-refractivity contribution >= 4 is 5.97 Å². The Labute approximate surface area is 110 Å². The van der Waals surface area contributed by atoms with Crippen LogP contribution in [0.1, 0.15) is 71.6 Å². The molecule has 2 aliphatic rings. The minimum atomic E-state index is -0.521. The molecule has 0 aromatic rings.